The van der Waals surface area contributed by atoms with Gasteiger partial charge in [0, 0.05) is 31.9 Å². The van der Waals surface area contributed by atoms with Crippen molar-refractivity contribution in [2.45, 2.75) is 52.0 Å². The first-order valence-electron chi connectivity index (χ1n) is 7.40. The average Bonchev–Trinajstić information content (AvgIpc) is 2.94. The van der Waals surface area contributed by atoms with Crippen molar-refractivity contribution in [2.75, 3.05) is 6.54 Å². The van der Waals surface area contributed by atoms with Gasteiger partial charge in [-0.25, -0.2) is 4.98 Å². The minimum Gasteiger partial charge on any atom is -0.338 e. The SMILES string of the molecule is CCCNC(Cc1nccn1C)C1CCC(C)C1. The van der Waals surface area contributed by atoms with E-state index in [9.17, 15) is 0 Å². The number of aryl methyl sites for hydroxylation is 1. The molecule has 0 aliphatic heterocycles. The van der Waals surface area contributed by atoms with E-state index >= 15 is 0 Å². The molecule has 0 spiro atoms. The molecule has 3 heteroatoms. The molecular weight excluding hydrogens is 222 g/mol. The Labute approximate surface area is 111 Å². The Morgan fingerprint density at radius 1 is 1.50 bits per heavy atom. The number of imidazole rings is 1. The van der Waals surface area contributed by atoms with E-state index in [1.165, 1.54) is 31.5 Å². The van der Waals surface area contributed by atoms with Crippen LogP contribution in [0.5, 0.6) is 0 Å². The minimum absolute atomic E-state index is 0.607. The largest absolute Gasteiger partial charge is 0.338 e. The zero-order valence-electron chi connectivity index (χ0n) is 12.0. The third kappa shape index (κ3) is 3.35. The molecule has 1 heterocycles. The van der Waals surface area contributed by atoms with Gasteiger partial charge in [0.2, 0.25) is 0 Å². The molecule has 3 atom stereocenters. The molecule has 2 rings (SSSR count). The lowest BCUT2D eigenvalue weighted by Gasteiger charge is -2.24. The van der Waals surface area contributed by atoms with Crippen LogP contribution in [0.3, 0.4) is 0 Å². The highest BCUT2D eigenvalue weighted by atomic mass is 15.0. The summed E-state index contributed by atoms with van der Waals surface area (Å²) in [6, 6.07) is 0.607. The molecule has 0 bridgehead atoms. The van der Waals surface area contributed by atoms with Gasteiger partial charge in [0.05, 0.1) is 0 Å². The Balaban J connectivity index is 1.98. The lowest BCUT2D eigenvalue weighted by molar-refractivity contribution is 0.342. The number of nitrogens with zero attached hydrogens (tertiary/aromatic N) is 2. The summed E-state index contributed by atoms with van der Waals surface area (Å²) in [6.07, 6.45) is 10.4. The molecule has 18 heavy (non-hydrogen) atoms. The van der Waals surface area contributed by atoms with Crippen molar-refractivity contribution in [1.29, 1.82) is 0 Å². The number of rotatable bonds is 6. The van der Waals surface area contributed by atoms with Crippen LogP contribution in [0.2, 0.25) is 0 Å². The second-order valence-corrected chi connectivity index (χ2v) is 5.90. The second-order valence-electron chi connectivity index (χ2n) is 5.90. The van der Waals surface area contributed by atoms with Crippen molar-refractivity contribution < 1.29 is 0 Å². The molecule has 1 aliphatic carbocycles. The van der Waals surface area contributed by atoms with Crippen LogP contribution in [0.15, 0.2) is 12.4 Å². The number of hydrogen-bond acceptors (Lipinski definition) is 2. The van der Waals surface area contributed by atoms with Crippen molar-refractivity contribution in [3.05, 3.63) is 18.2 Å². The van der Waals surface area contributed by atoms with Crippen molar-refractivity contribution in [3.8, 4) is 0 Å². The summed E-state index contributed by atoms with van der Waals surface area (Å²) in [5.74, 6) is 2.95. The summed E-state index contributed by atoms with van der Waals surface area (Å²) in [4.78, 5) is 4.48. The van der Waals surface area contributed by atoms with Crippen molar-refractivity contribution in [3.63, 3.8) is 0 Å². The molecule has 3 nitrogen and oxygen atoms in total. The van der Waals surface area contributed by atoms with Gasteiger partial charge in [-0.3, -0.25) is 0 Å². The molecule has 1 aromatic heterocycles. The first-order chi connectivity index (χ1) is 8.70. The van der Waals surface area contributed by atoms with Crippen molar-refractivity contribution in [1.82, 2.24) is 14.9 Å². The third-order valence-electron chi connectivity index (χ3n) is 4.28. The molecule has 0 radical (unpaired) electrons. The van der Waals surface area contributed by atoms with Gasteiger partial charge < -0.3 is 9.88 Å². The van der Waals surface area contributed by atoms with Gasteiger partial charge in [-0.15, -0.1) is 0 Å². The quantitative estimate of drug-likeness (QED) is 0.840. The van der Waals surface area contributed by atoms with Crippen molar-refractivity contribution in [2.24, 2.45) is 18.9 Å². The zero-order valence-corrected chi connectivity index (χ0v) is 12.0. The average molecular weight is 249 g/mol. The summed E-state index contributed by atoms with van der Waals surface area (Å²) in [7, 11) is 2.09. The maximum atomic E-state index is 4.48. The first-order valence-corrected chi connectivity index (χ1v) is 7.40. The summed E-state index contributed by atoms with van der Waals surface area (Å²) in [5.41, 5.74) is 0. The van der Waals surface area contributed by atoms with E-state index < -0.39 is 0 Å². The smallest absolute Gasteiger partial charge is 0.109 e. The van der Waals surface area contributed by atoms with Crippen LogP contribution in [-0.4, -0.2) is 22.1 Å². The molecule has 0 saturated heterocycles. The number of hydrogen-bond donors (Lipinski definition) is 1. The Hall–Kier alpha value is -0.830. The van der Waals surface area contributed by atoms with Crippen LogP contribution >= 0.6 is 0 Å². The van der Waals surface area contributed by atoms with Crippen LogP contribution < -0.4 is 5.32 Å². The Bertz CT molecular complexity index is 358. The maximum absolute atomic E-state index is 4.48. The van der Waals surface area contributed by atoms with E-state index in [0.29, 0.717) is 6.04 Å². The van der Waals surface area contributed by atoms with E-state index in [1.807, 2.05) is 12.4 Å². The highest BCUT2D eigenvalue weighted by Crippen LogP contribution is 2.33. The van der Waals surface area contributed by atoms with Crippen LogP contribution in [0.1, 0.15) is 45.4 Å². The zero-order chi connectivity index (χ0) is 13.0. The summed E-state index contributed by atoms with van der Waals surface area (Å²) in [5, 5.41) is 3.74. The molecule has 1 aliphatic rings. The van der Waals surface area contributed by atoms with Crippen LogP contribution in [-0.2, 0) is 13.5 Å². The fourth-order valence-corrected chi connectivity index (χ4v) is 3.14. The normalized spacial score (nSPS) is 25.5. The maximum Gasteiger partial charge on any atom is 0.109 e. The molecule has 3 unspecified atom stereocenters. The topological polar surface area (TPSA) is 29.9 Å². The van der Waals surface area contributed by atoms with E-state index in [-0.39, 0.29) is 0 Å². The summed E-state index contributed by atoms with van der Waals surface area (Å²) >= 11 is 0. The fraction of sp³-hybridized carbons (Fsp3) is 0.800. The lowest BCUT2D eigenvalue weighted by atomic mass is 9.94. The number of nitrogens with one attached hydrogen (secondary N) is 1. The van der Waals surface area contributed by atoms with E-state index in [0.717, 1.165) is 24.8 Å². The van der Waals surface area contributed by atoms with Gasteiger partial charge >= 0.3 is 0 Å². The van der Waals surface area contributed by atoms with E-state index in [1.54, 1.807) is 0 Å². The van der Waals surface area contributed by atoms with Gasteiger partial charge in [-0.2, -0.15) is 0 Å². The molecule has 1 saturated carbocycles. The highest BCUT2D eigenvalue weighted by molar-refractivity contribution is 4.97. The molecule has 0 aromatic carbocycles. The van der Waals surface area contributed by atoms with Gasteiger partial charge in [-0.1, -0.05) is 20.3 Å². The Kier molecular flexibility index (Phi) is 4.81. The van der Waals surface area contributed by atoms with Crippen LogP contribution in [0, 0.1) is 11.8 Å². The highest BCUT2D eigenvalue weighted by Gasteiger charge is 2.29. The summed E-state index contributed by atoms with van der Waals surface area (Å²) < 4.78 is 2.15. The number of aromatic nitrogens is 2. The van der Waals surface area contributed by atoms with Crippen molar-refractivity contribution >= 4 is 0 Å². The Morgan fingerprint density at radius 2 is 2.33 bits per heavy atom. The molecule has 1 aromatic rings. The Morgan fingerprint density at radius 3 is 2.89 bits per heavy atom. The predicted molar refractivity (Wildman–Crippen MR) is 75.5 cm³/mol. The molecule has 1 N–H and O–H groups in total. The van der Waals surface area contributed by atoms with Crippen LogP contribution in [0.25, 0.3) is 0 Å². The van der Waals surface area contributed by atoms with Gasteiger partial charge in [0.25, 0.3) is 0 Å². The molecule has 1 fully saturated rings. The molecular formula is C15H27N3. The molecule has 102 valence electrons. The lowest BCUT2D eigenvalue weighted by Crippen LogP contribution is -2.38. The predicted octanol–water partition coefficient (Wildman–Crippen LogP) is 2.77. The third-order valence-corrected chi connectivity index (χ3v) is 4.28. The molecule has 0 amide bonds. The van der Waals surface area contributed by atoms with E-state index in [4.69, 9.17) is 0 Å². The van der Waals surface area contributed by atoms with Gasteiger partial charge in [0.1, 0.15) is 5.82 Å². The van der Waals surface area contributed by atoms with Gasteiger partial charge in [-0.05, 0) is 37.6 Å². The second kappa shape index (κ2) is 6.37. The monoisotopic (exact) mass is 249 g/mol. The van der Waals surface area contributed by atoms with Crippen LogP contribution in [0.4, 0.5) is 0 Å². The van der Waals surface area contributed by atoms with Gasteiger partial charge in [0.15, 0.2) is 0 Å². The standard InChI is InChI=1S/C15H27N3/c1-4-7-16-14(13-6-5-12(2)10-13)11-15-17-8-9-18(15)3/h8-9,12-14,16H,4-7,10-11H2,1-3H3. The first kappa shape index (κ1) is 13.6. The fourth-order valence-electron chi connectivity index (χ4n) is 3.14. The van der Waals surface area contributed by atoms with E-state index in [2.05, 4.69) is 35.8 Å². The summed E-state index contributed by atoms with van der Waals surface area (Å²) in [6.45, 7) is 5.75. The minimum atomic E-state index is 0.607.